The van der Waals surface area contributed by atoms with Crippen molar-refractivity contribution in [2.75, 3.05) is 12.4 Å². The van der Waals surface area contributed by atoms with Crippen LogP contribution in [-0.2, 0) is 9.59 Å². The number of hydrogen-bond donors (Lipinski definition) is 3. The largest absolute Gasteiger partial charge is 0.495 e. The van der Waals surface area contributed by atoms with Crippen LogP contribution >= 0.6 is 0 Å². The average molecular weight is 307 g/mol. The molecule has 0 aromatic heterocycles. The highest BCUT2D eigenvalue weighted by molar-refractivity contribution is 6.01. The monoisotopic (exact) mass is 307 g/mol. The maximum Gasteiger partial charge on any atom is 0.335 e. The van der Waals surface area contributed by atoms with Gasteiger partial charge in [0.05, 0.1) is 30.2 Å². The third kappa shape index (κ3) is 2.61. The van der Waals surface area contributed by atoms with Crippen LogP contribution in [0.5, 0.6) is 5.75 Å². The molecule has 1 aromatic rings. The number of aliphatic carboxylic acids is 1. The second-order valence-electron chi connectivity index (χ2n) is 5.82. The first-order valence-corrected chi connectivity index (χ1v) is 6.65. The van der Waals surface area contributed by atoms with E-state index in [0.717, 1.165) is 0 Å². The third-order valence-corrected chi connectivity index (χ3v) is 4.08. The molecule has 2 unspecified atom stereocenters. The molecule has 7 nitrogen and oxygen atoms in total. The standard InChI is InChI=1S/C15H17NO6/c1-15(2)10(11(15)14(20)21)12(17)16-8-6-7(13(18)19)4-5-9(8)22-3/h4-6,10-11H,1-3H3,(H,16,17)(H,18,19)(H,20,21). The SMILES string of the molecule is COc1ccc(C(=O)O)cc1NC(=O)C1C(C(=O)O)C1(C)C. The Hall–Kier alpha value is -2.57. The summed E-state index contributed by atoms with van der Waals surface area (Å²) in [6, 6.07) is 4.08. The van der Waals surface area contributed by atoms with Crippen molar-refractivity contribution < 1.29 is 29.3 Å². The number of methoxy groups -OCH3 is 1. The molecule has 0 saturated heterocycles. The lowest BCUT2D eigenvalue weighted by Gasteiger charge is -2.11. The summed E-state index contributed by atoms with van der Waals surface area (Å²) < 4.78 is 5.08. The molecule has 7 heteroatoms. The number of rotatable bonds is 5. The second-order valence-corrected chi connectivity index (χ2v) is 5.82. The van der Waals surface area contributed by atoms with Crippen LogP contribution in [0.4, 0.5) is 5.69 Å². The molecule has 0 aliphatic heterocycles. The van der Waals surface area contributed by atoms with Gasteiger partial charge in [-0.1, -0.05) is 13.8 Å². The van der Waals surface area contributed by atoms with Crippen molar-refractivity contribution in [3.05, 3.63) is 23.8 Å². The van der Waals surface area contributed by atoms with Crippen molar-refractivity contribution in [1.29, 1.82) is 0 Å². The topological polar surface area (TPSA) is 113 Å². The van der Waals surface area contributed by atoms with Crippen molar-refractivity contribution >= 4 is 23.5 Å². The Morgan fingerprint density at radius 1 is 1.18 bits per heavy atom. The van der Waals surface area contributed by atoms with Gasteiger partial charge in [0.15, 0.2) is 0 Å². The highest BCUT2D eigenvalue weighted by Crippen LogP contribution is 2.58. The van der Waals surface area contributed by atoms with E-state index in [9.17, 15) is 14.4 Å². The van der Waals surface area contributed by atoms with E-state index in [1.165, 1.54) is 25.3 Å². The number of nitrogens with one attached hydrogen (secondary N) is 1. The van der Waals surface area contributed by atoms with Crippen molar-refractivity contribution in [2.45, 2.75) is 13.8 Å². The number of hydrogen-bond acceptors (Lipinski definition) is 4. The minimum Gasteiger partial charge on any atom is -0.495 e. The Kier molecular flexibility index (Phi) is 3.83. The van der Waals surface area contributed by atoms with Gasteiger partial charge in [0.2, 0.25) is 5.91 Å². The molecule has 118 valence electrons. The molecule has 1 aliphatic rings. The number of aromatic carboxylic acids is 1. The summed E-state index contributed by atoms with van der Waals surface area (Å²) in [5, 5.41) is 20.7. The number of ether oxygens (including phenoxy) is 1. The summed E-state index contributed by atoms with van der Waals surface area (Å²) in [6.45, 7) is 3.42. The fraction of sp³-hybridized carbons (Fsp3) is 0.400. The zero-order valence-corrected chi connectivity index (χ0v) is 12.4. The quantitative estimate of drug-likeness (QED) is 0.763. The molecule has 0 radical (unpaired) electrons. The van der Waals surface area contributed by atoms with Gasteiger partial charge in [-0.25, -0.2) is 4.79 Å². The number of carbonyl (C=O) groups is 3. The number of carboxylic acid groups (broad SMARTS) is 2. The van der Waals surface area contributed by atoms with Gasteiger partial charge in [-0.15, -0.1) is 0 Å². The van der Waals surface area contributed by atoms with Crippen molar-refractivity contribution in [3.8, 4) is 5.75 Å². The molecule has 3 N–H and O–H groups in total. The Morgan fingerprint density at radius 2 is 1.82 bits per heavy atom. The Balaban J connectivity index is 2.24. The van der Waals surface area contributed by atoms with Gasteiger partial charge in [0.25, 0.3) is 0 Å². The van der Waals surface area contributed by atoms with Gasteiger partial charge >= 0.3 is 11.9 Å². The summed E-state index contributed by atoms with van der Waals surface area (Å²) >= 11 is 0. The zero-order valence-electron chi connectivity index (χ0n) is 12.4. The lowest BCUT2D eigenvalue weighted by atomic mass is 10.1. The fourth-order valence-corrected chi connectivity index (χ4v) is 2.74. The summed E-state index contributed by atoms with van der Waals surface area (Å²) in [6.07, 6.45) is 0. The molecule has 0 bridgehead atoms. The number of anilines is 1. The molecule has 2 rings (SSSR count). The maximum absolute atomic E-state index is 12.3. The highest BCUT2D eigenvalue weighted by Gasteiger charge is 2.65. The van der Waals surface area contributed by atoms with Crippen LogP contribution in [0.25, 0.3) is 0 Å². The number of carboxylic acids is 2. The lowest BCUT2D eigenvalue weighted by Crippen LogP contribution is -2.18. The summed E-state index contributed by atoms with van der Waals surface area (Å²) in [4.78, 5) is 34.4. The summed E-state index contributed by atoms with van der Waals surface area (Å²) in [7, 11) is 1.40. The molecule has 2 atom stereocenters. The van der Waals surface area contributed by atoms with Crippen LogP contribution in [0.1, 0.15) is 24.2 Å². The minimum absolute atomic E-state index is 0.000872. The van der Waals surface area contributed by atoms with E-state index in [1.54, 1.807) is 13.8 Å². The van der Waals surface area contributed by atoms with Crippen LogP contribution in [0.2, 0.25) is 0 Å². The molecule has 0 heterocycles. The average Bonchev–Trinajstić information content (AvgIpc) is 3.01. The first kappa shape index (κ1) is 15.8. The van der Waals surface area contributed by atoms with Crippen molar-refractivity contribution in [3.63, 3.8) is 0 Å². The van der Waals surface area contributed by atoms with Gasteiger partial charge < -0.3 is 20.3 Å². The van der Waals surface area contributed by atoms with Gasteiger partial charge in [0.1, 0.15) is 5.75 Å². The third-order valence-electron chi connectivity index (χ3n) is 4.08. The van der Waals surface area contributed by atoms with E-state index < -0.39 is 35.1 Å². The zero-order chi connectivity index (χ0) is 16.7. The lowest BCUT2D eigenvalue weighted by molar-refractivity contribution is -0.140. The number of benzene rings is 1. The van der Waals surface area contributed by atoms with Crippen molar-refractivity contribution in [1.82, 2.24) is 0 Å². The maximum atomic E-state index is 12.3. The molecule has 1 aromatic carbocycles. The van der Waals surface area contributed by atoms with Gasteiger partial charge in [0, 0.05) is 0 Å². The molecule has 0 spiro atoms. The van der Waals surface area contributed by atoms with E-state index in [1.807, 2.05) is 0 Å². The van der Waals surface area contributed by atoms with E-state index in [4.69, 9.17) is 14.9 Å². The Bertz CT molecular complexity index is 651. The van der Waals surface area contributed by atoms with Crippen LogP contribution < -0.4 is 10.1 Å². The van der Waals surface area contributed by atoms with Crippen LogP contribution in [0, 0.1) is 17.3 Å². The molecule has 1 aliphatic carbocycles. The summed E-state index contributed by atoms with van der Waals surface area (Å²) in [5.41, 5.74) is -0.423. The Morgan fingerprint density at radius 3 is 2.27 bits per heavy atom. The number of amides is 1. The smallest absolute Gasteiger partial charge is 0.335 e. The minimum atomic E-state index is -1.13. The first-order valence-electron chi connectivity index (χ1n) is 6.65. The van der Waals surface area contributed by atoms with Crippen LogP contribution in [-0.4, -0.2) is 35.2 Å². The molecular formula is C15H17NO6. The number of carbonyl (C=O) groups excluding carboxylic acids is 1. The van der Waals surface area contributed by atoms with Gasteiger partial charge in [-0.05, 0) is 23.6 Å². The fourth-order valence-electron chi connectivity index (χ4n) is 2.74. The van der Waals surface area contributed by atoms with E-state index in [-0.39, 0.29) is 11.3 Å². The molecular weight excluding hydrogens is 290 g/mol. The second kappa shape index (κ2) is 5.32. The predicted molar refractivity (Wildman–Crippen MR) is 77.0 cm³/mol. The first-order chi connectivity index (χ1) is 10.2. The van der Waals surface area contributed by atoms with Crippen molar-refractivity contribution in [2.24, 2.45) is 17.3 Å². The summed E-state index contributed by atoms with van der Waals surface area (Å²) in [5.74, 6) is -3.71. The van der Waals surface area contributed by atoms with Crippen LogP contribution in [0.15, 0.2) is 18.2 Å². The molecule has 22 heavy (non-hydrogen) atoms. The molecule has 1 saturated carbocycles. The molecule has 1 amide bonds. The predicted octanol–water partition coefficient (Wildman–Crippen LogP) is 1.69. The normalized spacial score (nSPS) is 21.8. The van der Waals surface area contributed by atoms with Gasteiger partial charge in [-0.2, -0.15) is 0 Å². The Labute approximate surface area is 126 Å². The van der Waals surface area contributed by atoms with E-state index >= 15 is 0 Å². The highest BCUT2D eigenvalue weighted by atomic mass is 16.5. The van der Waals surface area contributed by atoms with Gasteiger partial charge in [-0.3, -0.25) is 9.59 Å². The van der Waals surface area contributed by atoms with E-state index in [0.29, 0.717) is 5.75 Å². The van der Waals surface area contributed by atoms with Crippen LogP contribution in [0.3, 0.4) is 0 Å². The molecule has 1 fully saturated rings. The van der Waals surface area contributed by atoms with E-state index in [2.05, 4.69) is 5.32 Å².